The molecule has 9 nitrogen and oxygen atoms in total. The quantitative estimate of drug-likeness (QED) is 0.556. The van der Waals surface area contributed by atoms with Gasteiger partial charge in [-0.2, -0.15) is 5.10 Å². The number of nitrogens with zero attached hydrogens (tertiary/aromatic N) is 5. The van der Waals surface area contributed by atoms with Gasteiger partial charge in [0, 0.05) is 49.7 Å². The number of ether oxygens (including phenoxy) is 1. The SMILES string of the molecule is Oc1cc(-c2cn[nH]c2)ccc1-c1cnc(N2CC[C@H](CNC3CCOCC3)C2)nn1. The molecule has 2 fully saturated rings. The number of hydrogen-bond donors (Lipinski definition) is 3. The predicted molar refractivity (Wildman–Crippen MR) is 117 cm³/mol. The van der Waals surface area contributed by atoms with Crippen LogP contribution in [0.15, 0.2) is 36.8 Å². The van der Waals surface area contributed by atoms with Gasteiger partial charge >= 0.3 is 0 Å². The third-order valence-electron chi connectivity index (χ3n) is 6.14. The number of aromatic hydroxyl groups is 1. The molecule has 2 saturated heterocycles. The van der Waals surface area contributed by atoms with Crippen LogP contribution in [-0.4, -0.2) is 69.4 Å². The molecule has 1 aromatic carbocycles. The van der Waals surface area contributed by atoms with Crippen LogP contribution in [0.25, 0.3) is 22.4 Å². The zero-order valence-corrected chi connectivity index (χ0v) is 17.4. The average molecular weight is 422 g/mol. The van der Waals surface area contributed by atoms with Crippen LogP contribution in [0.5, 0.6) is 5.75 Å². The summed E-state index contributed by atoms with van der Waals surface area (Å²) in [5.41, 5.74) is 2.96. The minimum Gasteiger partial charge on any atom is -0.507 e. The summed E-state index contributed by atoms with van der Waals surface area (Å²) in [5.74, 6) is 1.38. The lowest BCUT2D eigenvalue weighted by molar-refractivity contribution is 0.0771. The second kappa shape index (κ2) is 8.99. The van der Waals surface area contributed by atoms with Crippen molar-refractivity contribution in [2.75, 3.05) is 37.7 Å². The molecule has 2 aliphatic heterocycles. The Morgan fingerprint density at radius 3 is 2.77 bits per heavy atom. The monoisotopic (exact) mass is 421 g/mol. The first-order valence-corrected chi connectivity index (χ1v) is 10.8. The van der Waals surface area contributed by atoms with Crippen molar-refractivity contribution in [2.45, 2.75) is 25.3 Å². The maximum atomic E-state index is 10.5. The van der Waals surface area contributed by atoms with Gasteiger partial charge in [-0.3, -0.25) is 5.10 Å². The van der Waals surface area contributed by atoms with Gasteiger partial charge < -0.3 is 20.1 Å². The highest BCUT2D eigenvalue weighted by molar-refractivity contribution is 5.73. The van der Waals surface area contributed by atoms with Crippen molar-refractivity contribution >= 4 is 5.95 Å². The van der Waals surface area contributed by atoms with Crippen LogP contribution >= 0.6 is 0 Å². The summed E-state index contributed by atoms with van der Waals surface area (Å²) in [5, 5.41) is 29.6. The Hall–Kier alpha value is -3.04. The largest absolute Gasteiger partial charge is 0.507 e. The molecule has 0 unspecified atom stereocenters. The zero-order valence-electron chi connectivity index (χ0n) is 17.4. The zero-order chi connectivity index (χ0) is 21.0. The van der Waals surface area contributed by atoms with Crippen molar-refractivity contribution in [3.05, 3.63) is 36.8 Å². The van der Waals surface area contributed by atoms with Crippen LogP contribution in [-0.2, 0) is 4.74 Å². The van der Waals surface area contributed by atoms with E-state index < -0.39 is 0 Å². The molecule has 0 spiro atoms. The van der Waals surface area contributed by atoms with Crippen LogP contribution in [0.2, 0.25) is 0 Å². The van der Waals surface area contributed by atoms with E-state index in [1.165, 1.54) is 0 Å². The summed E-state index contributed by atoms with van der Waals surface area (Å²) in [6, 6.07) is 6.03. The second-order valence-corrected chi connectivity index (χ2v) is 8.26. The van der Waals surface area contributed by atoms with Gasteiger partial charge in [0.05, 0.1) is 12.4 Å². The molecule has 3 N–H and O–H groups in total. The number of nitrogens with one attached hydrogen (secondary N) is 2. The van der Waals surface area contributed by atoms with Crippen molar-refractivity contribution in [3.8, 4) is 28.1 Å². The highest BCUT2D eigenvalue weighted by Crippen LogP contribution is 2.32. The fourth-order valence-electron chi connectivity index (χ4n) is 4.29. The van der Waals surface area contributed by atoms with E-state index in [1.54, 1.807) is 24.7 Å². The fourth-order valence-corrected chi connectivity index (χ4v) is 4.29. The second-order valence-electron chi connectivity index (χ2n) is 8.26. The molecule has 2 aliphatic rings. The van der Waals surface area contributed by atoms with E-state index in [1.807, 2.05) is 12.1 Å². The first kappa shape index (κ1) is 19.9. The molecule has 5 rings (SSSR count). The Morgan fingerprint density at radius 1 is 1.13 bits per heavy atom. The van der Waals surface area contributed by atoms with Gasteiger partial charge in [-0.15, -0.1) is 10.2 Å². The molecule has 31 heavy (non-hydrogen) atoms. The minimum atomic E-state index is 0.142. The normalized spacial score (nSPS) is 19.7. The average Bonchev–Trinajstić information content (AvgIpc) is 3.51. The summed E-state index contributed by atoms with van der Waals surface area (Å²) in [7, 11) is 0. The van der Waals surface area contributed by atoms with Crippen LogP contribution in [0.1, 0.15) is 19.3 Å². The van der Waals surface area contributed by atoms with Gasteiger partial charge in [0.1, 0.15) is 11.4 Å². The van der Waals surface area contributed by atoms with E-state index in [4.69, 9.17) is 4.74 Å². The Labute approximate surface area is 180 Å². The van der Waals surface area contributed by atoms with Gasteiger partial charge in [0.15, 0.2) is 0 Å². The lowest BCUT2D eigenvalue weighted by Crippen LogP contribution is -2.38. The fraction of sp³-hybridized carbons (Fsp3) is 0.455. The summed E-state index contributed by atoms with van der Waals surface area (Å²) in [6.45, 7) is 4.61. The Bertz CT molecular complexity index is 988. The molecule has 0 bridgehead atoms. The minimum absolute atomic E-state index is 0.142. The molecular weight excluding hydrogens is 394 g/mol. The number of H-pyrrole nitrogens is 1. The molecule has 0 aliphatic carbocycles. The molecule has 9 heteroatoms. The maximum Gasteiger partial charge on any atom is 0.245 e. The molecular formula is C22H27N7O2. The van der Waals surface area contributed by atoms with E-state index in [-0.39, 0.29) is 5.75 Å². The van der Waals surface area contributed by atoms with Gasteiger partial charge in [-0.05, 0) is 49.4 Å². The van der Waals surface area contributed by atoms with Gasteiger partial charge in [0.2, 0.25) is 5.95 Å². The molecule has 3 aromatic rings. The summed E-state index contributed by atoms with van der Waals surface area (Å²) >= 11 is 0. The van der Waals surface area contributed by atoms with Crippen molar-refractivity contribution in [2.24, 2.45) is 5.92 Å². The first-order chi connectivity index (χ1) is 15.3. The Balaban J connectivity index is 1.20. The Kier molecular flexibility index (Phi) is 5.77. The number of hydrogen-bond acceptors (Lipinski definition) is 8. The van der Waals surface area contributed by atoms with E-state index >= 15 is 0 Å². The molecule has 162 valence electrons. The summed E-state index contributed by atoms with van der Waals surface area (Å²) in [4.78, 5) is 6.71. The molecule has 4 heterocycles. The van der Waals surface area contributed by atoms with Crippen LogP contribution < -0.4 is 10.2 Å². The van der Waals surface area contributed by atoms with Crippen molar-refractivity contribution in [3.63, 3.8) is 0 Å². The Morgan fingerprint density at radius 2 is 2.03 bits per heavy atom. The van der Waals surface area contributed by atoms with E-state index in [2.05, 4.69) is 35.6 Å². The van der Waals surface area contributed by atoms with E-state index in [0.29, 0.717) is 29.2 Å². The van der Waals surface area contributed by atoms with Gasteiger partial charge in [0.25, 0.3) is 0 Å². The smallest absolute Gasteiger partial charge is 0.245 e. The number of phenols is 1. The van der Waals surface area contributed by atoms with Crippen molar-refractivity contribution in [1.29, 1.82) is 0 Å². The molecule has 0 radical (unpaired) electrons. The first-order valence-electron chi connectivity index (χ1n) is 10.8. The van der Waals surface area contributed by atoms with Gasteiger partial charge in [-0.25, -0.2) is 4.98 Å². The number of phenolic OH excluding ortho intramolecular Hbond substituents is 1. The lowest BCUT2D eigenvalue weighted by Gasteiger charge is -2.24. The maximum absolute atomic E-state index is 10.5. The number of anilines is 1. The molecule has 0 amide bonds. The van der Waals surface area contributed by atoms with Crippen LogP contribution in [0.4, 0.5) is 5.95 Å². The highest BCUT2D eigenvalue weighted by Gasteiger charge is 2.26. The summed E-state index contributed by atoms with van der Waals surface area (Å²) < 4.78 is 5.43. The van der Waals surface area contributed by atoms with Crippen LogP contribution in [0, 0.1) is 5.92 Å². The topological polar surface area (TPSA) is 112 Å². The van der Waals surface area contributed by atoms with E-state index in [0.717, 1.165) is 63.2 Å². The van der Waals surface area contributed by atoms with Crippen LogP contribution in [0.3, 0.4) is 0 Å². The number of rotatable bonds is 6. The molecule has 0 saturated carbocycles. The van der Waals surface area contributed by atoms with E-state index in [9.17, 15) is 5.11 Å². The number of benzene rings is 1. The number of aromatic amines is 1. The van der Waals surface area contributed by atoms with Crippen molar-refractivity contribution < 1.29 is 9.84 Å². The third-order valence-corrected chi connectivity index (χ3v) is 6.14. The van der Waals surface area contributed by atoms with Gasteiger partial charge in [-0.1, -0.05) is 6.07 Å². The highest BCUT2D eigenvalue weighted by atomic mass is 16.5. The lowest BCUT2D eigenvalue weighted by atomic mass is 10.0. The third kappa shape index (κ3) is 4.52. The van der Waals surface area contributed by atoms with Crippen molar-refractivity contribution in [1.82, 2.24) is 30.7 Å². The summed E-state index contributed by atoms with van der Waals surface area (Å²) in [6.07, 6.45) is 8.50. The standard InChI is InChI=1S/C22H27N7O2/c30-21-9-16(17-11-25-26-12-17)1-2-19(21)20-13-24-22(28-27-20)29-6-3-15(14-29)10-23-18-4-7-31-8-5-18/h1-2,9,11-13,15,18,23,30H,3-8,10,14H2,(H,25,26)/t15-/m1/s1. The molecule has 2 aromatic heterocycles. The molecule has 1 atom stereocenters. The predicted octanol–water partition coefficient (Wildman–Crippen LogP) is 2.23. The number of aromatic nitrogens is 5.